The molecule has 3 heteroatoms. The summed E-state index contributed by atoms with van der Waals surface area (Å²) in [6.45, 7) is 5.39. The van der Waals surface area contributed by atoms with Gasteiger partial charge in [0.25, 0.3) is 0 Å². The molecule has 0 saturated heterocycles. The Hall–Kier alpha value is -1.06. The Labute approximate surface area is 104 Å². The number of methoxy groups -OCH3 is 1. The average Bonchev–Trinajstić information content (AvgIpc) is 2.36. The molecule has 1 aromatic rings. The average molecular weight is 237 g/mol. The van der Waals surface area contributed by atoms with Crippen LogP contribution in [0.1, 0.15) is 31.7 Å². The number of hydrogen-bond donors (Lipinski definition) is 1. The second kappa shape index (κ2) is 7.30. The van der Waals surface area contributed by atoms with Crippen molar-refractivity contribution in [3.8, 4) is 5.75 Å². The van der Waals surface area contributed by atoms with Crippen molar-refractivity contribution >= 4 is 0 Å². The Morgan fingerprint density at radius 2 is 1.94 bits per heavy atom. The first-order chi connectivity index (χ1) is 8.19. The molecule has 0 radical (unpaired) electrons. The lowest BCUT2D eigenvalue weighted by Gasteiger charge is -2.17. The molecule has 96 valence electrons. The van der Waals surface area contributed by atoms with E-state index in [1.165, 1.54) is 5.56 Å². The van der Waals surface area contributed by atoms with Gasteiger partial charge in [0.1, 0.15) is 12.4 Å². The molecule has 0 fully saturated rings. The third kappa shape index (κ3) is 4.36. The summed E-state index contributed by atoms with van der Waals surface area (Å²) in [7, 11) is 1.65. The van der Waals surface area contributed by atoms with Crippen LogP contribution in [0.2, 0.25) is 0 Å². The molecule has 0 aromatic heterocycles. The number of ether oxygens (including phenoxy) is 2. The maximum atomic E-state index is 5.84. The van der Waals surface area contributed by atoms with Gasteiger partial charge in [0.2, 0.25) is 0 Å². The van der Waals surface area contributed by atoms with E-state index in [9.17, 15) is 0 Å². The third-order valence-electron chi connectivity index (χ3n) is 2.90. The minimum Gasteiger partial charge on any atom is -0.492 e. The Kier molecular flexibility index (Phi) is 6.01. The van der Waals surface area contributed by atoms with E-state index in [1.807, 2.05) is 18.2 Å². The molecule has 17 heavy (non-hydrogen) atoms. The zero-order chi connectivity index (χ0) is 12.7. The second-order valence-corrected chi connectivity index (χ2v) is 4.37. The molecule has 1 aromatic carbocycles. The Balaban J connectivity index is 2.63. The van der Waals surface area contributed by atoms with Crippen LogP contribution in [0.3, 0.4) is 0 Å². The van der Waals surface area contributed by atoms with Crippen LogP contribution in [0.25, 0.3) is 0 Å². The fraction of sp³-hybridized carbons (Fsp3) is 0.571. The summed E-state index contributed by atoms with van der Waals surface area (Å²) < 4.78 is 10.8. The van der Waals surface area contributed by atoms with Crippen LogP contribution in [0.5, 0.6) is 5.75 Å². The molecular weight excluding hydrogens is 214 g/mol. The van der Waals surface area contributed by atoms with Crippen molar-refractivity contribution in [3.05, 3.63) is 29.8 Å². The van der Waals surface area contributed by atoms with Crippen molar-refractivity contribution in [3.63, 3.8) is 0 Å². The zero-order valence-corrected chi connectivity index (χ0v) is 11.0. The highest BCUT2D eigenvalue weighted by Crippen LogP contribution is 2.28. The fourth-order valence-corrected chi connectivity index (χ4v) is 1.70. The summed E-state index contributed by atoms with van der Waals surface area (Å²) in [5.41, 5.74) is 7.09. The van der Waals surface area contributed by atoms with Gasteiger partial charge in [0, 0.05) is 7.11 Å². The molecule has 0 spiro atoms. The summed E-state index contributed by atoms with van der Waals surface area (Å²) in [6.07, 6.45) is 1.10. The first kappa shape index (κ1) is 14.0. The van der Waals surface area contributed by atoms with Crippen LogP contribution >= 0.6 is 0 Å². The number of rotatable bonds is 7. The fourth-order valence-electron chi connectivity index (χ4n) is 1.70. The molecular formula is C14H23NO2. The van der Waals surface area contributed by atoms with Crippen molar-refractivity contribution < 1.29 is 9.47 Å². The van der Waals surface area contributed by atoms with Crippen LogP contribution in [-0.2, 0) is 4.74 Å². The zero-order valence-electron chi connectivity index (χ0n) is 11.0. The lowest BCUT2D eigenvalue weighted by Crippen LogP contribution is -2.32. The van der Waals surface area contributed by atoms with Crippen molar-refractivity contribution in [2.24, 2.45) is 5.73 Å². The molecule has 0 bridgehead atoms. The predicted octanol–water partition coefficient (Wildman–Crippen LogP) is 2.55. The summed E-state index contributed by atoms with van der Waals surface area (Å²) >= 11 is 0. The van der Waals surface area contributed by atoms with Gasteiger partial charge < -0.3 is 15.2 Å². The maximum Gasteiger partial charge on any atom is 0.122 e. The summed E-state index contributed by atoms with van der Waals surface area (Å²) in [5.74, 6) is 1.44. The monoisotopic (exact) mass is 237 g/mol. The molecule has 2 atom stereocenters. The number of para-hydroxylation sites is 1. The predicted molar refractivity (Wildman–Crippen MR) is 70.5 cm³/mol. The van der Waals surface area contributed by atoms with Crippen LogP contribution in [0.4, 0.5) is 0 Å². The van der Waals surface area contributed by atoms with E-state index in [4.69, 9.17) is 15.2 Å². The highest BCUT2D eigenvalue weighted by atomic mass is 16.5. The molecule has 0 heterocycles. The number of nitrogens with two attached hydrogens (primary N) is 1. The maximum absolute atomic E-state index is 5.84. The number of benzene rings is 1. The van der Waals surface area contributed by atoms with E-state index in [0.717, 1.165) is 12.2 Å². The van der Waals surface area contributed by atoms with Crippen LogP contribution in [0.15, 0.2) is 24.3 Å². The Morgan fingerprint density at radius 1 is 1.24 bits per heavy atom. The van der Waals surface area contributed by atoms with Gasteiger partial charge >= 0.3 is 0 Å². The molecule has 1 rings (SSSR count). The van der Waals surface area contributed by atoms with Gasteiger partial charge in [-0.2, -0.15) is 0 Å². The van der Waals surface area contributed by atoms with Crippen molar-refractivity contribution in [2.45, 2.75) is 32.2 Å². The largest absolute Gasteiger partial charge is 0.492 e. The third-order valence-corrected chi connectivity index (χ3v) is 2.90. The molecule has 0 saturated carbocycles. The van der Waals surface area contributed by atoms with Gasteiger partial charge in [0.15, 0.2) is 0 Å². The lowest BCUT2D eigenvalue weighted by atomic mass is 9.98. The van der Waals surface area contributed by atoms with E-state index in [1.54, 1.807) is 7.11 Å². The lowest BCUT2D eigenvalue weighted by molar-refractivity contribution is 0.152. The molecule has 2 unspecified atom stereocenters. The normalized spacial score (nSPS) is 14.4. The first-order valence-electron chi connectivity index (χ1n) is 6.15. The standard InChI is InChI=1S/C14H23NO2/c1-4-11(2)13-7-5-6-8-14(13)17-10-12(15)9-16-3/h5-8,11-12H,4,9-10,15H2,1-3H3. The van der Waals surface area contributed by atoms with Crippen LogP contribution in [-0.4, -0.2) is 26.4 Å². The van der Waals surface area contributed by atoms with Crippen molar-refractivity contribution in [1.29, 1.82) is 0 Å². The van der Waals surface area contributed by atoms with E-state index >= 15 is 0 Å². The van der Waals surface area contributed by atoms with Gasteiger partial charge in [-0.25, -0.2) is 0 Å². The second-order valence-electron chi connectivity index (χ2n) is 4.37. The van der Waals surface area contributed by atoms with E-state index in [2.05, 4.69) is 19.9 Å². The number of hydrogen-bond acceptors (Lipinski definition) is 3. The Bertz CT molecular complexity index is 328. The minimum atomic E-state index is -0.0787. The van der Waals surface area contributed by atoms with Gasteiger partial charge in [0.05, 0.1) is 12.6 Å². The summed E-state index contributed by atoms with van der Waals surface area (Å²) in [4.78, 5) is 0. The highest BCUT2D eigenvalue weighted by Gasteiger charge is 2.10. The molecule has 0 amide bonds. The molecule has 0 aliphatic carbocycles. The van der Waals surface area contributed by atoms with E-state index in [-0.39, 0.29) is 6.04 Å². The molecule has 3 nitrogen and oxygen atoms in total. The van der Waals surface area contributed by atoms with Gasteiger partial charge in [-0.15, -0.1) is 0 Å². The Morgan fingerprint density at radius 3 is 2.59 bits per heavy atom. The van der Waals surface area contributed by atoms with Gasteiger partial charge in [-0.1, -0.05) is 32.0 Å². The molecule has 0 aliphatic rings. The topological polar surface area (TPSA) is 44.5 Å². The minimum absolute atomic E-state index is 0.0787. The van der Waals surface area contributed by atoms with Crippen LogP contribution in [0, 0.1) is 0 Å². The van der Waals surface area contributed by atoms with Gasteiger partial charge in [-0.3, -0.25) is 0 Å². The SMILES string of the molecule is CCC(C)c1ccccc1OCC(N)COC. The van der Waals surface area contributed by atoms with Gasteiger partial charge in [-0.05, 0) is 24.0 Å². The van der Waals surface area contributed by atoms with E-state index in [0.29, 0.717) is 19.1 Å². The molecule has 2 N–H and O–H groups in total. The van der Waals surface area contributed by atoms with Crippen LogP contribution < -0.4 is 10.5 Å². The van der Waals surface area contributed by atoms with Crippen molar-refractivity contribution in [1.82, 2.24) is 0 Å². The van der Waals surface area contributed by atoms with E-state index < -0.39 is 0 Å². The molecule has 0 aliphatic heterocycles. The smallest absolute Gasteiger partial charge is 0.122 e. The quantitative estimate of drug-likeness (QED) is 0.792. The summed E-state index contributed by atoms with van der Waals surface area (Å²) in [5, 5.41) is 0. The highest BCUT2D eigenvalue weighted by molar-refractivity contribution is 5.35. The summed E-state index contributed by atoms with van der Waals surface area (Å²) in [6, 6.07) is 8.07. The first-order valence-corrected chi connectivity index (χ1v) is 6.15. The van der Waals surface area contributed by atoms with Crippen molar-refractivity contribution in [2.75, 3.05) is 20.3 Å².